The summed E-state index contributed by atoms with van der Waals surface area (Å²) in [4.78, 5) is 31.5. The monoisotopic (exact) mass is 495 g/mol. The summed E-state index contributed by atoms with van der Waals surface area (Å²) in [5, 5.41) is 9.99. The van der Waals surface area contributed by atoms with Gasteiger partial charge in [-0.25, -0.2) is 4.98 Å². The maximum atomic E-state index is 12.6. The molecule has 6 nitrogen and oxygen atoms in total. The quantitative estimate of drug-likeness (QED) is 0.282. The summed E-state index contributed by atoms with van der Waals surface area (Å²) in [5.74, 6) is 0.393. The van der Waals surface area contributed by atoms with Crippen LogP contribution in [0.4, 0.5) is 10.8 Å². The van der Waals surface area contributed by atoms with Gasteiger partial charge in [-0.3, -0.25) is 9.59 Å². The Labute approximate surface area is 204 Å². The molecule has 4 aromatic rings. The Balaban J connectivity index is 1.30. The number of nitrogens with one attached hydrogen (secondary N) is 2. The summed E-state index contributed by atoms with van der Waals surface area (Å²) in [7, 11) is 1.58. The number of ether oxygens (including phenoxy) is 1. The number of hydrogen-bond acceptors (Lipinski definition) is 7. The Morgan fingerprint density at radius 2 is 1.76 bits per heavy atom. The Morgan fingerprint density at radius 1 is 1.00 bits per heavy atom. The number of amides is 2. The highest BCUT2D eigenvalue weighted by Crippen LogP contribution is 2.30. The number of hydrogen-bond donors (Lipinski definition) is 2. The lowest BCUT2D eigenvalue weighted by Crippen LogP contribution is -2.22. The second kappa shape index (κ2) is 10.7. The van der Waals surface area contributed by atoms with Gasteiger partial charge in [0.05, 0.1) is 22.9 Å². The Bertz CT molecular complexity index is 1220. The molecular formula is C24H21N3O3S3. The van der Waals surface area contributed by atoms with Crippen LogP contribution in [0.15, 0.2) is 76.3 Å². The van der Waals surface area contributed by atoms with E-state index in [-0.39, 0.29) is 17.1 Å². The van der Waals surface area contributed by atoms with Gasteiger partial charge in [0.2, 0.25) is 5.91 Å². The molecule has 4 rings (SSSR count). The molecule has 2 aromatic carbocycles. The Kier molecular flexibility index (Phi) is 7.43. The summed E-state index contributed by atoms with van der Waals surface area (Å²) >= 11 is 4.48. The first-order valence-corrected chi connectivity index (χ1v) is 12.7. The molecule has 168 valence electrons. The number of thiophene rings is 1. The van der Waals surface area contributed by atoms with E-state index < -0.39 is 0 Å². The molecule has 0 spiro atoms. The predicted molar refractivity (Wildman–Crippen MR) is 137 cm³/mol. The first-order valence-electron chi connectivity index (χ1n) is 10.0. The minimum absolute atomic E-state index is 0.107. The first-order chi connectivity index (χ1) is 16.0. The predicted octanol–water partition coefficient (Wildman–Crippen LogP) is 6.25. The molecule has 2 aromatic heterocycles. The van der Waals surface area contributed by atoms with Gasteiger partial charge in [0.25, 0.3) is 5.91 Å². The van der Waals surface area contributed by atoms with Gasteiger partial charge in [0, 0.05) is 21.5 Å². The van der Waals surface area contributed by atoms with Crippen LogP contribution in [0.3, 0.4) is 0 Å². The number of anilines is 2. The largest absolute Gasteiger partial charge is 0.497 e. The molecule has 0 bridgehead atoms. The van der Waals surface area contributed by atoms with Gasteiger partial charge in [-0.1, -0.05) is 6.07 Å². The van der Waals surface area contributed by atoms with Gasteiger partial charge in [-0.15, -0.1) is 34.4 Å². The number of benzene rings is 2. The number of methoxy groups -OCH3 is 1. The van der Waals surface area contributed by atoms with Crippen molar-refractivity contribution >= 4 is 57.1 Å². The highest BCUT2D eigenvalue weighted by Gasteiger charge is 2.17. The number of rotatable bonds is 8. The molecule has 9 heteroatoms. The van der Waals surface area contributed by atoms with Gasteiger partial charge in [-0.05, 0) is 66.9 Å². The standard InChI is InChI=1S/C24H21N3O3S3/c1-15(22(28)27-24-26-20(14-32-24)21-4-3-13-31-21)33-19-11-7-17(8-12-19)25-23(29)16-5-9-18(30-2)10-6-16/h3-15H,1-2H3,(H,25,29)(H,26,27,28). The average Bonchev–Trinajstić information content (AvgIpc) is 3.52. The molecule has 0 aliphatic rings. The number of thioether (sulfide) groups is 1. The van der Waals surface area contributed by atoms with Crippen LogP contribution >= 0.6 is 34.4 Å². The van der Waals surface area contributed by atoms with Gasteiger partial charge < -0.3 is 15.4 Å². The second-order valence-corrected chi connectivity index (χ2v) is 10.2. The zero-order valence-corrected chi connectivity index (χ0v) is 20.4. The lowest BCUT2D eigenvalue weighted by molar-refractivity contribution is -0.115. The normalized spacial score (nSPS) is 11.6. The van der Waals surface area contributed by atoms with Crippen LogP contribution in [0.5, 0.6) is 5.75 Å². The zero-order chi connectivity index (χ0) is 23.2. The topological polar surface area (TPSA) is 80.3 Å². The van der Waals surface area contributed by atoms with Crippen LogP contribution in [0.1, 0.15) is 17.3 Å². The van der Waals surface area contributed by atoms with Crippen molar-refractivity contribution in [3.63, 3.8) is 0 Å². The maximum absolute atomic E-state index is 12.6. The van der Waals surface area contributed by atoms with Crippen molar-refractivity contribution in [3.05, 3.63) is 77.0 Å². The molecular weight excluding hydrogens is 474 g/mol. The first kappa shape index (κ1) is 23.0. The molecule has 0 fully saturated rings. The number of carbonyl (C=O) groups is 2. The number of thiazole rings is 1. The Morgan fingerprint density at radius 3 is 2.42 bits per heavy atom. The molecule has 0 aliphatic heterocycles. The lowest BCUT2D eigenvalue weighted by atomic mass is 10.2. The van der Waals surface area contributed by atoms with Gasteiger partial charge >= 0.3 is 0 Å². The summed E-state index contributed by atoms with van der Waals surface area (Å²) in [6.45, 7) is 1.85. The Hall–Kier alpha value is -3.14. The molecule has 0 saturated carbocycles. The van der Waals surface area contributed by atoms with E-state index in [1.165, 1.54) is 23.1 Å². The molecule has 0 aliphatic carbocycles. The van der Waals surface area contributed by atoms with Gasteiger partial charge in [0.1, 0.15) is 5.75 Å². The van der Waals surface area contributed by atoms with Crippen molar-refractivity contribution in [2.45, 2.75) is 17.1 Å². The van der Waals surface area contributed by atoms with Gasteiger partial charge in [0.15, 0.2) is 5.13 Å². The molecule has 0 radical (unpaired) electrons. The molecule has 2 amide bonds. The van der Waals surface area contributed by atoms with Crippen molar-refractivity contribution in [1.82, 2.24) is 4.98 Å². The van der Waals surface area contributed by atoms with E-state index in [2.05, 4.69) is 15.6 Å². The highest BCUT2D eigenvalue weighted by molar-refractivity contribution is 8.00. The third kappa shape index (κ3) is 6.01. The highest BCUT2D eigenvalue weighted by atomic mass is 32.2. The van der Waals surface area contributed by atoms with Crippen molar-refractivity contribution in [1.29, 1.82) is 0 Å². The fraction of sp³-hybridized carbons (Fsp3) is 0.125. The molecule has 1 unspecified atom stereocenters. The molecule has 2 heterocycles. The number of carbonyl (C=O) groups excluding carboxylic acids is 2. The fourth-order valence-electron chi connectivity index (χ4n) is 2.90. The minimum Gasteiger partial charge on any atom is -0.497 e. The smallest absolute Gasteiger partial charge is 0.255 e. The van der Waals surface area contributed by atoms with Crippen molar-refractivity contribution in [2.24, 2.45) is 0 Å². The number of aromatic nitrogens is 1. The van der Waals surface area contributed by atoms with E-state index in [1.807, 2.05) is 54.1 Å². The summed E-state index contributed by atoms with van der Waals surface area (Å²) < 4.78 is 5.11. The summed E-state index contributed by atoms with van der Waals surface area (Å²) in [6.07, 6.45) is 0. The SMILES string of the molecule is COc1ccc(C(=O)Nc2ccc(SC(C)C(=O)Nc3nc(-c4cccs4)cs3)cc2)cc1. The van der Waals surface area contributed by atoms with Crippen LogP contribution in [0, 0.1) is 0 Å². The van der Waals surface area contributed by atoms with E-state index in [1.54, 1.807) is 42.7 Å². The average molecular weight is 496 g/mol. The lowest BCUT2D eigenvalue weighted by Gasteiger charge is -2.11. The second-order valence-electron chi connectivity index (χ2n) is 6.97. The molecule has 1 atom stereocenters. The van der Waals surface area contributed by atoms with Crippen molar-refractivity contribution in [2.75, 3.05) is 17.7 Å². The molecule has 2 N–H and O–H groups in total. The zero-order valence-electron chi connectivity index (χ0n) is 17.9. The van der Waals surface area contributed by atoms with Crippen molar-refractivity contribution in [3.8, 4) is 16.3 Å². The van der Waals surface area contributed by atoms with Crippen LogP contribution in [-0.4, -0.2) is 29.2 Å². The maximum Gasteiger partial charge on any atom is 0.255 e. The van der Waals surface area contributed by atoms with Crippen LogP contribution in [0.2, 0.25) is 0 Å². The van der Waals surface area contributed by atoms with Crippen LogP contribution in [-0.2, 0) is 4.79 Å². The van der Waals surface area contributed by atoms with E-state index in [0.717, 1.165) is 15.5 Å². The van der Waals surface area contributed by atoms with Crippen LogP contribution in [0.25, 0.3) is 10.6 Å². The number of nitrogens with zero attached hydrogens (tertiary/aromatic N) is 1. The van der Waals surface area contributed by atoms with Crippen molar-refractivity contribution < 1.29 is 14.3 Å². The third-order valence-corrected chi connectivity index (χ3v) is 7.42. The third-order valence-electron chi connectivity index (χ3n) is 4.65. The van der Waals surface area contributed by atoms with Crippen LogP contribution < -0.4 is 15.4 Å². The molecule has 33 heavy (non-hydrogen) atoms. The minimum atomic E-state index is -0.307. The summed E-state index contributed by atoms with van der Waals surface area (Å²) in [5.41, 5.74) is 2.10. The van der Waals surface area contributed by atoms with E-state index in [4.69, 9.17) is 4.74 Å². The molecule has 0 saturated heterocycles. The van der Waals surface area contributed by atoms with E-state index in [9.17, 15) is 9.59 Å². The van der Waals surface area contributed by atoms with E-state index >= 15 is 0 Å². The fourth-order valence-corrected chi connectivity index (χ4v) is 5.24. The van der Waals surface area contributed by atoms with E-state index in [0.29, 0.717) is 22.1 Å². The summed E-state index contributed by atoms with van der Waals surface area (Å²) in [6, 6.07) is 18.3. The van der Waals surface area contributed by atoms with Gasteiger partial charge in [-0.2, -0.15) is 0 Å².